The second-order valence-electron chi connectivity index (χ2n) is 9.32. The van der Waals surface area contributed by atoms with Gasteiger partial charge in [0, 0.05) is 12.5 Å². The van der Waals surface area contributed by atoms with Crippen LogP contribution in [0.4, 0.5) is 4.79 Å². The third-order valence-corrected chi connectivity index (χ3v) is 5.94. The highest BCUT2D eigenvalue weighted by Crippen LogP contribution is 2.39. The van der Waals surface area contributed by atoms with Crippen molar-refractivity contribution < 1.29 is 23.3 Å². The van der Waals surface area contributed by atoms with Crippen molar-refractivity contribution in [1.29, 1.82) is 0 Å². The van der Waals surface area contributed by atoms with Crippen molar-refractivity contribution in [1.82, 2.24) is 9.62 Å². The quantitative estimate of drug-likeness (QED) is 0.665. The Morgan fingerprint density at radius 3 is 2.21 bits per heavy atom. The van der Waals surface area contributed by atoms with Crippen molar-refractivity contribution in [3.8, 4) is 0 Å². The zero-order valence-corrected chi connectivity index (χ0v) is 19.1. The van der Waals surface area contributed by atoms with Crippen LogP contribution in [0.25, 0.3) is 0 Å². The Morgan fingerprint density at radius 2 is 1.79 bits per heavy atom. The van der Waals surface area contributed by atoms with Gasteiger partial charge >= 0.3 is 6.09 Å². The van der Waals surface area contributed by atoms with Gasteiger partial charge in [-0.05, 0) is 66.7 Å². The maximum absolute atomic E-state index is 11.7. The number of nitrogens with zero attached hydrogens (tertiary/aromatic N) is 1. The first-order valence-electron chi connectivity index (χ1n) is 9.81. The van der Waals surface area contributed by atoms with Crippen molar-refractivity contribution in [2.24, 2.45) is 17.6 Å². The Morgan fingerprint density at radius 1 is 1.21 bits per heavy atom. The van der Waals surface area contributed by atoms with Gasteiger partial charge in [0.2, 0.25) is 11.8 Å². The predicted octanol–water partition coefficient (Wildman–Crippen LogP) is 2.26. The van der Waals surface area contributed by atoms with E-state index >= 15 is 0 Å². The molecule has 3 N–H and O–H groups in total. The molecule has 4 atom stereocenters. The van der Waals surface area contributed by atoms with Crippen LogP contribution in [0.15, 0.2) is 12.7 Å². The van der Waals surface area contributed by atoms with E-state index in [2.05, 4.69) is 11.3 Å². The zero-order valence-electron chi connectivity index (χ0n) is 18.3. The van der Waals surface area contributed by atoms with E-state index in [1.165, 1.54) is 4.90 Å². The minimum Gasteiger partial charge on any atom is -0.444 e. The number of likely N-dealkylation sites (tertiary alicyclic amines) is 1. The standard InChI is InChI=1S/C10H18N2O3.C10H17NO2S/c1-10(2,3)15-9(14)12-6-4-5-7(12)8(11)13;1-5-7-6-8(7)9(12)11-14(13)10(2,3)4/h7H,4-6H2,1-3H3,(H2,11,13);5,7-8H,1,6H2,2-4H3,(H,11,12). The summed E-state index contributed by atoms with van der Waals surface area (Å²) in [6.07, 6.45) is 3.60. The van der Waals surface area contributed by atoms with Crippen molar-refractivity contribution in [2.45, 2.75) is 77.2 Å². The third kappa shape index (κ3) is 8.16. The maximum atomic E-state index is 11.7. The lowest BCUT2D eigenvalue weighted by Crippen LogP contribution is -2.45. The maximum Gasteiger partial charge on any atom is 0.410 e. The molecule has 9 heteroatoms. The molecule has 1 aliphatic carbocycles. The van der Waals surface area contributed by atoms with Crippen LogP contribution in [0.2, 0.25) is 0 Å². The predicted molar refractivity (Wildman–Crippen MR) is 113 cm³/mol. The van der Waals surface area contributed by atoms with Crippen LogP contribution < -0.4 is 10.5 Å². The molecule has 1 saturated heterocycles. The largest absolute Gasteiger partial charge is 0.444 e. The van der Waals surface area contributed by atoms with E-state index in [4.69, 9.17) is 10.5 Å². The van der Waals surface area contributed by atoms with E-state index in [1.54, 1.807) is 26.8 Å². The van der Waals surface area contributed by atoms with Crippen LogP contribution in [0.5, 0.6) is 0 Å². The lowest BCUT2D eigenvalue weighted by molar-refractivity contribution is -0.122. The molecule has 1 saturated carbocycles. The van der Waals surface area contributed by atoms with Crippen LogP contribution in [-0.4, -0.2) is 50.0 Å². The van der Waals surface area contributed by atoms with E-state index in [1.807, 2.05) is 20.8 Å². The zero-order chi connectivity index (χ0) is 22.6. The Hall–Kier alpha value is -1.90. The molecule has 0 radical (unpaired) electrons. The number of hydrogen-bond acceptors (Lipinski definition) is 5. The first-order chi connectivity index (χ1) is 13.2. The summed E-state index contributed by atoms with van der Waals surface area (Å²) in [5, 5.41) is 0. The van der Waals surface area contributed by atoms with Crippen LogP contribution in [0.1, 0.15) is 60.8 Å². The van der Waals surface area contributed by atoms with E-state index < -0.39 is 39.4 Å². The highest BCUT2D eigenvalue weighted by atomic mass is 32.2. The number of rotatable bonds is 4. The Kier molecular flexibility index (Phi) is 8.44. The highest BCUT2D eigenvalue weighted by Gasteiger charge is 2.41. The van der Waals surface area contributed by atoms with Gasteiger partial charge in [-0.2, -0.15) is 0 Å². The summed E-state index contributed by atoms with van der Waals surface area (Å²) in [6, 6.07) is -0.500. The molecule has 2 fully saturated rings. The van der Waals surface area contributed by atoms with E-state index in [9.17, 15) is 18.6 Å². The number of hydrogen-bond donors (Lipinski definition) is 2. The fourth-order valence-corrected chi connectivity index (χ4v) is 3.34. The average Bonchev–Trinajstić information content (AvgIpc) is 3.18. The SMILES string of the molecule is C=CC1CC1C(=O)NS(=O)C(C)(C)C.CC(C)(C)OC(=O)N1CCCC1C(N)=O. The van der Waals surface area contributed by atoms with Crippen molar-refractivity contribution in [3.05, 3.63) is 12.7 Å². The van der Waals surface area contributed by atoms with E-state index in [-0.39, 0.29) is 17.7 Å². The summed E-state index contributed by atoms with van der Waals surface area (Å²) < 4.78 is 18.9. The topological polar surface area (TPSA) is 119 Å². The second kappa shape index (κ2) is 9.73. The van der Waals surface area contributed by atoms with Gasteiger partial charge in [-0.3, -0.25) is 19.2 Å². The van der Waals surface area contributed by atoms with Gasteiger partial charge in [0.1, 0.15) is 22.6 Å². The molecule has 2 rings (SSSR count). The van der Waals surface area contributed by atoms with E-state index in [0.29, 0.717) is 13.0 Å². The molecule has 2 aliphatic rings. The third-order valence-electron chi connectivity index (χ3n) is 4.44. The van der Waals surface area contributed by atoms with Gasteiger partial charge in [0.25, 0.3) is 0 Å². The van der Waals surface area contributed by atoms with Crippen molar-refractivity contribution in [2.75, 3.05) is 6.54 Å². The van der Waals surface area contributed by atoms with Crippen LogP contribution in [0, 0.1) is 11.8 Å². The molecule has 0 bridgehead atoms. The molecule has 0 spiro atoms. The second-order valence-corrected chi connectivity index (χ2v) is 11.3. The van der Waals surface area contributed by atoms with Crippen LogP contribution in [-0.2, 0) is 25.3 Å². The molecular weight excluding hydrogens is 394 g/mol. The van der Waals surface area contributed by atoms with Crippen molar-refractivity contribution in [3.63, 3.8) is 0 Å². The molecule has 0 aromatic heterocycles. The lowest BCUT2D eigenvalue weighted by Gasteiger charge is -2.27. The fraction of sp³-hybridized carbons (Fsp3) is 0.750. The molecule has 0 aromatic carbocycles. The smallest absolute Gasteiger partial charge is 0.410 e. The number of primary amides is 1. The van der Waals surface area contributed by atoms with Gasteiger partial charge in [-0.25, -0.2) is 9.00 Å². The summed E-state index contributed by atoms with van der Waals surface area (Å²) in [5.41, 5.74) is 4.66. The van der Waals surface area contributed by atoms with Gasteiger partial charge in [0.05, 0.1) is 4.75 Å². The number of nitrogens with two attached hydrogens (primary N) is 1. The molecule has 3 amide bonds. The first kappa shape index (κ1) is 25.1. The molecular formula is C20H35N3O5S. The van der Waals surface area contributed by atoms with Crippen LogP contribution >= 0.6 is 0 Å². The molecule has 4 unspecified atom stereocenters. The molecule has 0 aromatic rings. The van der Waals surface area contributed by atoms with Crippen LogP contribution in [0.3, 0.4) is 0 Å². The van der Waals surface area contributed by atoms with Gasteiger partial charge in [-0.1, -0.05) is 6.08 Å². The number of allylic oxidation sites excluding steroid dienone is 1. The Balaban J connectivity index is 0.000000291. The molecule has 1 aliphatic heterocycles. The molecule has 166 valence electrons. The Bertz CT molecular complexity index is 666. The number of ether oxygens (including phenoxy) is 1. The summed E-state index contributed by atoms with van der Waals surface area (Å²) in [7, 11) is -1.30. The number of amides is 3. The minimum absolute atomic E-state index is 0.00111. The summed E-state index contributed by atoms with van der Waals surface area (Å²) in [5.74, 6) is -0.285. The number of nitrogens with one attached hydrogen (secondary N) is 1. The lowest BCUT2D eigenvalue weighted by atomic mass is 10.2. The molecule has 1 heterocycles. The summed E-state index contributed by atoms with van der Waals surface area (Å²) in [6.45, 7) is 15.1. The first-order valence-corrected chi connectivity index (χ1v) is 11.0. The number of carbonyl (C=O) groups is 3. The Labute approximate surface area is 176 Å². The monoisotopic (exact) mass is 429 g/mol. The minimum atomic E-state index is -1.30. The normalized spacial score (nSPS) is 24.6. The highest BCUT2D eigenvalue weighted by molar-refractivity contribution is 7.85. The van der Waals surface area contributed by atoms with Crippen molar-refractivity contribution >= 4 is 28.9 Å². The summed E-state index contributed by atoms with van der Waals surface area (Å²) in [4.78, 5) is 35.6. The number of carbonyl (C=O) groups excluding carboxylic acids is 3. The summed E-state index contributed by atoms with van der Waals surface area (Å²) >= 11 is 0. The average molecular weight is 430 g/mol. The molecule has 8 nitrogen and oxygen atoms in total. The van der Waals surface area contributed by atoms with E-state index in [0.717, 1.165) is 12.8 Å². The van der Waals surface area contributed by atoms with Gasteiger partial charge < -0.3 is 10.5 Å². The molecule has 29 heavy (non-hydrogen) atoms. The van der Waals surface area contributed by atoms with Gasteiger partial charge in [-0.15, -0.1) is 6.58 Å². The fourth-order valence-electron chi connectivity index (χ4n) is 2.70. The van der Waals surface area contributed by atoms with Gasteiger partial charge in [0.15, 0.2) is 0 Å².